The summed E-state index contributed by atoms with van der Waals surface area (Å²) < 4.78 is 23.1. The zero-order chi connectivity index (χ0) is 6.08. The second-order valence-corrected chi connectivity index (χ2v) is 3.44. The molecule has 0 saturated carbocycles. The molecule has 0 aromatic carbocycles. The van der Waals surface area contributed by atoms with Crippen molar-refractivity contribution in [2.75, 3.05) is 0 Å². The maximum Gasteiger partial charge on any atom is 0.256 e. The molecule has 44 valence electrons. The molecule has 1 atom stereocenters. The van der Waals surface area contributed by atoms with Crippen LogP contribution in [0.4, 0.5) is 8.78 Å². The van der Waals surface area contributed by atoms with E-state index in [1.165, 1.54) is 6.92 Å². The van der Waals surface area contributed by atoms with Crippen LogP contribution in [0.2, 0.25) is 0 Å². The summed E-state index contributed by atoms with van der Waals surface area (Å²) >= 11 is 1.70. The SMILES string of the molecule is CC(I)C(C)(F)F. The van der Waals surface area contributed by atoms with Crippen molar-refractivity contribution < 1.29 is 8.78 Å². The quantitative estimate of drug-likeness (QED) is 0.470. The van der Waals surface area contributed by atoms with Gasteiger partial charge >= 0.3 is 0 Å². The molecule has 0 radical (unpaired) electrons. The Morgan fingerprint density at radius 3 is 1.71 bits per heavy atom. The van der Waals surface area contributed by atoms with E-state index in [2.05, 4.69) is 0 Å². The van der Waals surface area contributed by atoms with Crippen molar-refractivity contribution in [3.63, 3.8) is 0 Å². The number of rotatable bonds is 1. The van der Waals surface area contributed by atoms with E-state index >= 15 is 0 Å². The van der Waals surface area contributed by atoms with E-state index in [1.54, 1.807) is 22.6 Å². The smallest absolute Gasteiger partial charge is 0.206 e. The Kier molecular flexibility index (Phi) is 2.43. The molecule has 0 aromatic heterocycles. The van der Waals surface area contributed by atoms with Gasteiger partial charge < -0.3 is 0 Å². The summed E-state index contributed by atoms with van der Waals surface area (Å²) in [5.41, 5.74) is 0. The number of hydrogen-bond acceptors (Lipinski definition) is 0. The largest absolute Gasteiger partial charge is 0.256 e. The lowest BCUT2D eigenvalue weighted by molar-refractivity contribution is 0.0289. The van der Waals surface area contributed by atoms with E-state index in [9.17, 15) is 8.78 Å². The summed E-state index contributed by atoms with van der Waals surface area (Å²) in [4.78, 5) is 0. The summed E-state index contributed by atoms with van der Waals surface area (Å²) in [7, 11) is 0. The molecule has 0 rings (SSSR count). The van der Waals surface area contributed by atoms with Gasteiger partial charge in [-0.25, -0.2) is 8.78 Å². The fourth-order valence-electron chi connectivity index (χ4n) is 0. The molecule has 0 heterocycles. The van der Waals surface area contributed by atoms with E-state index in [0.717, 1.165) is 6.92 Å². The Labute approximate surface area is 55.4 Å². The minimum absolute atomic E-state index is 0.565. The monoisotopic (exact) mass is 220 g/mol. The van der Waals surface area contributed by atoms with Crippen LogP contribution >= 0.6 is 22.6 Å². The molecule has 0 fully saturated rings. The van der Waals surface area contributed by atoms with Crippen LogP contribution in [-0.2, 0) is 0 Å². The lowest BCUT2D eigenvalue weighted by atomic mass is 10.3. The molecular formula is C4H7F2I. The van der Waals surface area contributed by atoms with Crippen molar-refractivity contribution >= 4 is 22.6 Å². The van der Waals surface area contributed by atoms with Gasteiger partial charge in [-0.15, -0.1) is 0 Å². The molecular weight excluding hydrogens is 213 g/mol. The third-order valence-corrected chi connectivity index (χ3v) is 1.79. The highest BCUT2D eigenvalue weighted by Crippen LogP contribution is 2.23. The van der Waals surface area contributed by atoms with Gasteiger partial charge in [0.1, 0.15) is 0 Å². The molecule has 0 nitrogen and oxygen atoms in total. The summed E-state index contributed by atoms with van der Waals surface area (Å²) in [6.45, 7) is 2.41. The standard InChI is InChI=1S/C4H7F2I/c1-3(7)4(2,5)6/h3H,1-2H3. The van der Waals surface area contributed by atoms with Gasteiger partial charge in [-0.3, -0.25) is 0 Å². The molecule has 0 N–H and O–H groups in total. The van der Waals surface area contributed by atoms with Gasteiger partial charge in [0.15, 0.2) is 0 Å². The van der Waals surface area contributed by atoms with E-state index in [1.807, 2.05) is 0 Å². The van der Waals surface area contributed by atoms with E-state index in [4.69, 9.17) is 0 Å². The van der Waals surface area contributed by atoms with Crippen molar-refractivity contribution in [2.24, 2.45) is 0 Å². The molecule has 3 heteroatoms. The highest BCUT2D eigenvalue weighted by Gasteiger charge is 2.26. The summed E-state index contributed by atoms with van der Waals surface area (Å²) in [5, 5.41) is 0. The van der Waals surface area contributed by atoms with Crippen molar-refractivity contribution in [3.8, 4) is 0 Å². The number of alkyl halides is 3. The lowest BCUT2D eigenvalue weighted by Gasteiger charge is -2.10. The first-order chi connectivity index (χ1) is 2.94. The van der Waals surface area contributed by atoms with Crippen molar-refractivity contribution in [1.82, 2.24) is 0 Å². The van der Waals surface area contributed by atoms with Gasteiger partial charge in [0.05, 0.1) is 3.92 Å². The Bertz CT molecular complexity index is 55.2. The molecule has 1 unspecified atom stereocenters. The van der Waals surface area contributed by atoms with Gasteiger partial charge in [0.2, 0.25) is 0 Å². The van der Waals surface area contributed by atoms with E-state index in [-0.39, 0.29) is 0 Å². The molecule has 0 aromatic rings. The first-order valence-electron chi connectivity index (χ1n) is 1.96. The second kappa shape index (κ2) is 2.24. The minimum atomic E-state index is -2.51. The first-order valence-corrected chi connectivity index (χ1v) is 3.21. The van der Waals surface area contributed by atoms with Crippen molar-refractivity contribution in [2.45, 2.75) is 23.7 Å². The predicted octanol–water partition coefficient (Wildman–Crippen LogP) is 2.47. The highest BCUT2D eigenvalue weighted by molar-refractivity contribution is 14.1. The van der Waals surface area contributed by atoms with Crippen LogP contribution in [0.15, 0.2) is 0 Å². The van der Waals surface area contributed by atoms with Gasteiger partial charge in [0.25, 0.3) is 5.92 Å². The first kappa shape index (κ1) is 7.59. The molecule has 0 amide bonds. The Balaban J connectivity index is 3.54. The van der Waals surface area contributed by atoms with Crippen molar-refractivity contribution in [3.05, 3.63) is 0 Å². The number of hydrogen-bond donors (Lipinski definition) is 0. The van der Waals surface area contributed by atoms with Gasteiger partial charge in [-0.1, -0.05) is 22.6 Å². The van der Waals surface area contributed by atoms with Crippen LogP contribution in [0.5, 0.6) is 0 Å². The fourth-order valence-corrected chi connectivity index (χ4v) is 0. The normalized spacial score (nSPS) is 16.7. The zero-order valence-corrected chi connectivity index (χ0v) is 6.37. The molecule has 0 aliphatic heterocycles. The molecule has 0 aliphatic carbocycles. The molecule has 0 saturated heterocycles. The van der Waals surface area contributed by atoms with Crippen LogP contribution in [0, 0.1) is 0 Å². The molecule has 0 spiro atoms. The van der Waals surface area contributed by atoms with Gasteiger partial charge in [-0.2, -0.15) is 0 Å². The van der Waals surface area contributed by atoms with Crippen LogP contribution in [0.25, 0.3) is 0 Å². The maximum absolute atomic E-state index is 11.8. The highest BCUT2D eigenvalue weighted by atomic mass is 127. The average molecular weight is 220 g/mol. The average Bonchev–Trinajstić information content (AvgIpc) is 1.31. The predicted molar refractivity (Wildman–Crippen MR) is 34.1 cm³/mol. The topological polar surface area (TPSA) is 0 Å². The Morgan fingerprint density at radius 1 is 1.57 bits per heavy atom. The van der Waals surface area contributed by atoms with Crippen LogP contribution in [-0.4, -0.2) is 9.85 Å². The Morgan fingerprint density at radius 2 is 1.71 bits per heavy atom. The lowest BCUT2D eigenvalue weighted by Crippen LogP contribution is -2.20. The Hall–Kier alpha value is 0.590. The molecule has 0 bridgehead atoms. The summed E-state index contributed by atoms with van der Waals surface area (Å²) in [5.74, 6) is -2.51. The van der Waals surface area contributed by atoms with Crippen LogP contribution in [0.1, 0.15) is 13.8 Å². The van der Waals surface area contributed by atoms with E-state index < -0.39 is 9.85 Å². The zero-order valence-electron chi connectivity index (χ0n) is 4.21. The van der Waals surface area contributed by atoms with Crippen LogP contribution in [0.3, 0.4) is 0 Å². The third kappa shape index (κ3) is 3.20. The summed E-state index contributed by atoms with van der Waals surface area (Å²) in [6.07, 6.45) is 0. The minimum Gasteiger partial charge on any atom is -0.206 e. The maximum atomic E-state index is 11.8. The number of halogens is 3. The fraction of sp³-hybridized carbons (Fsp3) is 1.00. The third-order valence-electron chi connectivity index (χ3n) is 0.698. The van der Waals surface area contributed by atoms with Gasteiger partial charge in [-0.05, 0) is 6.92 Å². The second-order valence-electron chi connectivity index (χ2n) is 1.57. The molecule has 0 aliphatic rings. The van der Waals surface area contributed by atoms with Crippen LogP contribution < -0.4 is 0 Å². The summed E-state index contributed by atoms with van der Waals surface area (Å²) in [6, 6.07) is 0. The van der Waals surface area contributed by atoms with Crippen molar-refractivity contribution in [1.29, 1.82) is 0 Å². The molecule has 7 heavy (non-hydrogen) atoms. The van der Waals surface area contributed by atoms with Gasteiger partial charge in [0, 0.05) is 6.92 Å². The van der Waals surface area contributed by atoms with E-state index in [0.29, 0.717) is 0 Å².